The van der Waals surface area contributed by atoms with Gasteiger partial charge in [-0.05, 0) is 12.3 Å². The molecular formula is C8H10O3. The van der Waals surface area contributed by atoms with E-state index in [0.29, 0.717) is 6.42 Å². The fourth-order valence-corrected chi connectivity index (χ4v) is 0.568. The second kappa shape index (κ2) is 5.48. The van der Waals surface area contributed by atoms with Crippen LogP contribution < -0.4 is 0 Å². The van der Waals surface area contributed by atoms with Gasteiger partial charge in [0.2, 0.25) is 5.78 Å². The molecule has 3 nitrogen and oxygen atoms in total. The highest BCUT2D eigenvalue weighted by Gasteiger charge is 2.01. The molecule has 0 fully saturated rings. The Kier molecular flexibility index (Phi) is 4.83. The summed E-state index contributed by atoms with van der Waals surface area (Å²) in [6.07, 6.45) is 5.78. The van der Waals surface area contributed by atoms with Crippen molar-refractivity contribution in [1.29, 1.82) is 0 Å². The molecule has 0 aromatic rings. The second-order valence-corrected chi connectivity index (χ2v) is 2.00. The van der Waals surface area contributed by atoms with Crippen molar-refractivity contribution >= 4 is 11.8 Å². The molecule has 0 spiro atoms. The maximum Gasteiger partial charge on any atom is 0.305 e. The van der Waals surface area contributed by atoms with E-state index < -0.39 is 0 Å². The first-order valence-corrected chi connectivity index (χ1v) is 3.27. The van der Waals surface area contributed by atoms with Gasteiger partial charge in [0.1, 0.15) is 0 Å². The highest BCUT2D eigenvalue weighted by molar-refractivity contribution is 5.94. The molecule has 3 heteroatoms. The van der Waals surface area contributed by atoms with Crippen molar-refractivity contribution < 1.29 is 14.3 Å². The van der Waals surface area contributed by atoms with Crippen LogP contribution >= 0.6 is 0 Å². The molecule has 0 aliphatic heterocycles. The number of hydrogen-bond acceptors (Lipinski definition) is 3. The lowest BCUT2D eigenvalue weighted by Crippen LogP contribution is -2.01. The molecule has 11 heavy (non-hydrogen) atoms. The summed E-state index contributed by atoms with van der Waals surface area (Å²) in [5.41, 5.74) is 0. The first kappa shape index (κ1) is 9.70. The summed E-state index contributed by atoms with van der Waals surface area (Å²) >= 11 is 0. The molecule has 0 amide bonds. The number of carbonyl (C=O) groups excluding carboxylic acids is 2. The topological polar surface area (TPSA) is 43.4 Å². The number of Topliss-reactive ketones (excluding diaryl/α,β-unsaturated/α-hetero) is 1. The number of esters is 1. The van der Waals surface area contributed by atoms with E-state index in [-0.39, 0.29) is 24.6 Å². The zero-order valence-corrected chi connectivity index (χ0v) is 6.42. The van der Waals surface area contributed by atoms with E-state index >= 15 is 0 Å². The summed E-state index contributed by atoms with van der Waals surface area (Å²) < 4.78 is 4.36. The molecule has 0 aromatic heterocycles. The molecule has 0 radical (unpaired) electrons. The number of methoxy groups -OCH3 is 1. The number of hydrogen-bond donors (Lipinski definition) is 0. The third-order valence-corrected chi connectivity index (χ3v) is 1.17. The molecule has 0 aromatic carbocycles. The number of carbonyl (C=O) groups is 2. The summed E-state index contributed by atoms with van der Waals surface area (Å²) in [6.45, 7) is 0. The van der Waals surface area contributed by atoms with E-state index in [1.807, 2.05) is 5.92 Å². The summed E-state index contributed by atoms with van der Waals surface area (Å²) in [7, 11) is 1.31. The number of terminal acetylenes is 1. The molecule has 0 heterocycles. The van der Waals surface area contributed by atoms with Crippen LogP contribution in [0, 0.1) is 12.3 Å². The van der Waals surface area contributed by atoms with Gasteiger partial charge >= 0.3 is 5.97 Å². The van der Waals surface area contributed by atoms with Gasteiger partial charge in [-0.15, -0.1) is 6.42 Å². The van der Waals surface area contributed by atoms with Crippen molar-refractivity contribution in [3.8, 4) is 12.3 Å². The van der Waals surface area contributed by atoms with Crippen LogP contribution in [0.2, 0.25) is 0 Å². The third kappa shape index (κ3) is 5.16. The van der Waals surface area contributed by atoms with Crippen LogP contribution in [0.25, 0.3) is 0 Å². The van der Waals surface area contributed by atoms with Crippen molar-refractivity contribution in [2.75, 3.05) is 7.11 Å². The standard InChI is InChI=1S/C8H10O3/c1-3-7(9)5-4-6-8(10)11-2/h1H,4-6H2,2H3. The molecule has 0 atom stereocenters. The minimum atomic E-state index is -0.310. The highest BCUT2D eigenvalue weighted by Crippen LogP contribution is 1.96. The van der Waals surface area contributed by atoms with Gasteiger partial charge in [0.15, 0.2) is 0 Å². The van der Waals surface area contributed by atoms with Gasteiger partial charge in [-0.1, -0.05) is 0 Å². The van der Waals surface area contributed by atoms with E-state index in [9.17, 15) is 9.59 Å². The fraction of sp³-hybridized carbons (Fsp3) is 0.500. The van der Waals surface area contributed by atoms with E-state index in [1.165, 1.54) is 7.11 Å². The molecule has 60 valence electrons. The fourth-order valence-electron chi connectivity index (χ4n) is 0.568. The highest BCUT2D eigenvalue weighted by atomic mass is 16.5. The average Bonchev–Trinajstić information content (AvgIpc) is 2.04. The van der Waals surface area contributed by atoms with Crippen LogP contribution in [0.3, 0.4) is 0 Å². The molecule has 0 saturated heterocycles. The predicted molar refractivity (Wildman–Crippen MR) is 39.7 cm³/mol. The van der Waals surface area contributed by atoms with Crippen LogP contribution in [0.15, 0.2) is 0 Å². The van der Waals surface area contributed by atoms with Crippen molar-refractivity contribution in [1.82, 2.24) is 0 Å². The maximum atomic E-state index is 10.5. The van der Waals surface area contributed by atoms with Gasteiger partial charge in [0, 0.05) is 12.8 Å². The maximum absolute atomic E-state index is 10.5. The number of ether oxygens (including phenoxy) is 1. The SMILES string of the molecule is C#CC(=O)CCCC(=O)OC. The van der Waals surface area contributed by atoms with Crippen LogP contribution in [0.5, 0.6) is 0 Å². The van der Waals surface area contributed by atoms with Crippen LogP contribution in [0.4, 0.5) is 0 Å². The number of rotatable bonds is 4. The zero-order chi connectivity index (χ0) is 8.69. The van der Waals surface area contributed by atoms with E-state index in [0.717, 1.165) is 0 Å². The van der Waals surface area contributed by atoms with Crippen LogP contribution in [-0.4, -0.2) is 18.9 Å². The van der Waals surface area contributed by atoms with E-state index in [4.69, 9.17) is 6.42 Å². The van der Waals surface area contributed by atoms with Crippen LogP contribution in [-0.2, 0) is 14.3 Å². The molecule has 0 aliphatic rings. The lowest BCUT2D eigenvalue weighted by molar-refractivity contribution is -0.140. The summed E-state index contributed by atoms with van der Waals surface area (Å²) in [5, 5.41) is 0. The smallest absolute Gasteiger partial charge is 0.305 e. The van der Waals surface area contributed by atoms with Crippen molar-refractivity contribution in [2.24, 2.45) is 0 Å². The van der Waals surface area contributed by atoms with Gasteiger partial charge in [-0.25, -0.2) is 0 Å². The molecule has 0 rings (SSSR count). The molecule has 0 N–H and O–H groups in total. The Morgan fingerprint density at radius 1 is 1.45 bits per heavy atom. The first-order chi connectivity index (χ1) is 5.20. The summed E-state index contributed by atoms with van der Waals surface area (Å²) in [6, 6.07) is 0. The summed E-state index contributed by atoms with van der Waals surface area (Å²) in [4.78, 5) is 21.0. The predicted octanol–water partition coefficient (Wildman–Crippen LogP) is 0.532. The largest absolute Gasteiger partial charge is 0.469 e. The molecule has 0 aliphatic carbocycles. The zero-order valence-electron chi connectivity index (χ0n) is 6.42. The van der Waals surface area contributed by atoms with Gasteiger partial charge < -0.3 is 4.74 Å². The van der Waals surface area contributed by atoms with Crippen molar-refractivity contribution in [2.45, 2.75) is 19.3 Å². The monoisotopic (exact) mass is 154 g/mol. The van der Waals surface area contributed by atoms with E-state index in [1.54, 1.807) is 0 Å². The number of ketones is 1. The Bertz CT molecular complexity index is 188. The van der Waals surface area contributed by atoms with Gasteiger partial charge in [-0.2, -0.15) is 0 Å². The minimum absolute atomic E-state index is 0.254. The molecule has 0 bridgehead atoms. The van der Waals surface area contributed by atoms with Gasteiger partial charge in [-0.3, -0.25) is 9.59 Å². The lowest BCUT2D eigenvalue weighted by Gasteiger charge is -1.95. The molecular weight excluding hydrogens is 144 g/mol. The quantitative estimate of drug-likeness (QED) is 0.337. The molecule has 0 unspecified atom stereocenters. The normalized spacial score (nSPS) is 8.36. The van der Waals surface area contributed by atoms with Gasteiger partial charge in [0.05, 0.1) is 7.11 Å². The lowest BCUT2D eigenvalue weighted by atomic mass is 10.2. The Morgan fingerprint density at radius 2 is 2.09 bits per heavy atom. The van der Waals surface area contributed by atoms with Crippen LogP contribution in [0.1, 0.15) is 19.3 Å². The Balaban J connectivity index is 3.36. The molecule has 0 saturated carbocycles. The third-order valence-electron chi connectivity index (χ3n) is 1.17. The Morgan fingerprint density at radius 3 is 2.55 bits per heavy atom. The van der Waals surface area contributed by atoms with Crippen molar-refractivity contribution in [3.63, 3.8) is 0 Å². The Hall–Kier alpha value is -1.30. The average molecular weight is 154 g/mol. The minimum Gasteiger partial charge on any atom is -0.469 e. The summed E-state index contributed by atoms with van der Waals surface area (Å²) in [5.74, 6) is 1.39. The van der Waals surface area contributed by atoms with Gasteiger partial charge in [0.25, 0.3) is 0 Å². The Labute approximate surface area is 65.7 Å². The first-order valence-electron chi connectivity index (χ1n) is 3.27. The van der Waals surface area contributed by atoms with Crippen molar-refractivity contribution in [3.05, 3.63) is 0 Å². The second-order valence-electron chi connectivity index (χ2n) is 2.00. The van der Waals surface area contributed by atoms with E-state index in [2.05, 4.69) is 4.74 Å².